The number of imidazole rings is 1. The third-order valence-corrected chi connectivity index (χ3v) is 5.79. The molecule has 4 rings (SSSR count). The van der Waals surface area contributed by atoms with E-state index < -0.39 is 0 Å². The molecule has 2 atom stereocenters. The highest BCUT2D eigenvalue weighted by atomic mass is 127. The molecule has 1 fully saturated rings. The van der Waals surface area contributed by atoms with Crippen molar-refractivity contribution in [3.63, 3.8) is 0 Å². The Morgan fingerprint density at radius 1 is 1.26 bits per heavy atom. The standard InChI is InChI=1S/C18H18IN5O3/c1-26-18(25)23-8-7-13(19)17(23)24-11-22-14-15(24)20-10-21-16(14)27-9-12-5-3-2-4-6-12/h2-6,10-11,13,17H,7-9H2,1H3/t13-,17+/m1/s1. The normalized spacial score (nSPS) is 19.4. The maximum absolute atomic E-state index is 12.1. The predicted molar refractivity (Wildman–Crippen MR) is 107 cm³/mol. The van der Waals surface area contributed by atoms with Crippen LogP contribution in [0.1, 0.15) is 18.2 Å². The molecule has 0 saturated carbocycles. The van der Waals surface area contributed by atoms with Gasteiger partial charge in [-0.1, -0.05) is 52.9 Å². The Morgan fingerprint density at radius 2 is 2.07 bits per heavy atom. The third kappa shape index (κ3) is 3.43. The summed E-state index contributed by atoms with van der Waals surface area (Å²) in [6.07, 6.45) is 3.46. The molecular formula is C18H18IN5O3. The zero-order chi connectivity index (χ0) is 18.8. The number of hydrogen-bond donors (Lipinski definition) is 0. The fourth-order valence-electron chi connectivity index (χ4n) is 3.24. The molecule has 27 heavy (non-hydrogen) atoms. The molecule has 8 nitrogen and oxygen atoms in total. The largest absolute Gasteiger partial charge is 0.471 e. The molecule has 1 aliphatic heterocycles. The molecule has 0 spiro atoms. The van der Waals surface area contributed by atoms with Gasteiger partial charge in [-0.2, -0.15) is 4.98 Å². The van der Waals surface area contributed by atoms with Crippen molar-refractivity contribution in [1.82, 2.24) is 24.4 Å². The topological polar surface area (TPSA) is 82.4 Å². The maximum Gasteiger partial charge on any atom is 0.411 e. The number of hydrogen-bond acceptors (Lipinski definition) is 6. The summed E-state index contributed by atoms with van der Waals surface area (Å²) in [5, 5.41) is 0. The number of methoxy groups -OCH3 is 1. The molecule has 1 aliphatic rings. The second-order valence-corrected chi connectivity index (χ2v) is 7.76. The van der Waals surface area contributed by atoms with Crippen LogP contribution in [-0.4, -0.2) is 48.1 Å². The Morgan fingerprint density at radius 3 is 2.85 bits per heavy atom. The first-order chi connectivity index (χ1) is 13.2. The first-order valence-electron chi connectivity index (χ1n) is 8.52. The summed E-state index contributed by atoms with van der Waals surface area (Å²) < 4.78 is 12.9. The highest BCUT2D eigenvalue weighted by Crippen LogP contribution is 2.36. The number of nitrogens with zero attached hydrogens (tertiary/aromatic N) is 5. The maximum atomic E-state index is 12.1. The average molecular weight is 479 g/mol. The summed E-state index contributed by atoms with van der Waals surface area (Å²) >= 11 is 2.35. The number of carbonyl (C=O) groups excluding carboxylic acids is 1. The Bertz CT molecular complexity index is 949. The molecule has 2 aromatic heterocycles. The van der Waals surface area contributed by atoms with Crippen molar-refractivity contribution in [2.75, 3.05) is 13.7 Å². The number of rotatable bonds is 4. The third-order valence-electron chi connectivity index (χ3n) is 4.53. The number of amides is 1. The predicted octanol–water partition coefficient (Wildman–Crippen LogP) is 3.18. The Balaban J connectivity index is 1.65. The molecule has 1 amide bonds. The van der Waals surface area contributed by atoms with E-state index in [9.17, 15) is 4.79 Å². The highest BCUT2D eigenvalue weighted by molar-refractivity contribution is 14.1. The van der Waals surface area contributed by atoms with Gasteiger partial charge in [-0.15, -0.1) is 0 Å². The quantitative estimate of drug-likeness (QED) is 0.423. The van der Waals surface area contributed by atoms with Gasteiger partial charge in [0.2, 0.25) is 5.88 Å². The van der Waals surface area contributed by atoms with Crippen LogP contribution in [0, 0.1) is 0 Å². The number of fused-ring (bicyclic) bond motifs is 1. The van der Waals surface area contributed by atoms with E-state index in [-0.39, 0.29) is 16.2 Å². The highest BCUT2D eigenvalue weighted by Gasteiger charge is 2.38. The van der Waals surface area contributed by atoms with Gasteiger partial charge in [-0.25, -0.2) is 14.8 Å². The lowest BCUT2D eigenvalue weighted by Crippen LogP contribution is -2.35. The van der Waals surface area contributed by atoms with E-state index in [4.69, 9.17) is 9.47 Å². The van der Waals surface area contributed by atoms with Crippen molar-refractivity contribution >= 4 is 39.8 Å². The summed E-state index contributed by atoms with van der Waals surface area (Å²) in [6, 6.07) is 9.87. The molecule has 0 radical (unpaired) electrons. The molecule has 3 heterocycles. The van der Waals surface area contributed by atoms with Crippen LogP contribution in [0.15, 0.2) is 43.0 Å². The van der Waals surface area contributed by atoms with E-state index >= 15 is 0 Å². The van der Waals surface area contributed by atoms with Gasteiger partial charge in [0.1, 0.15) is 19.1 Å². The van der Waals surface area contributed by atoms with Crippen LogP contribution in [-0.2, 0) is 11.3 Å². The van der Waals surface area contributed by atoms with Crippen LogP contribution in [0.25, 0.3) is 11.2 Å². The summed E-state index contributed by atoms with van der Waals surface area (Å²) in [4.78, 5) is 26.9. The van der Waals surface area contributed by atoms with E-state index in [1.165, 1.54) is 13.4 Å². The molecule has 0 unspecified atom stereocenters. The van der Waals surface area contributed by atoms with Gasteiger partial charge in [-0.3, -0.25) is 9.47 Å². The summed E-state index contributed by atoms with van der Waals surface area (Å²) in [7, 11) is 1.39. The molecule has 140 valence electrons. The molecule has 3 aromatic rings. The average Bonchev–Trinajstić information content (AvgIpc) is 3.30. The first-order valence-corrected chi connectivity index (χ1v) is 9.76. The number of likely N-dealkylation sites (tertiary alicyclic amines) is 1. The van der Waals surface area contributed by atoms with Gasteiger partial charge in [-0.05, 0) is 12.0 Å². The fraction of sp³-hybridized carbons (Fsp3) is 0.333. The first kappa shape index (κ1) is 18.0. The molecule has 0 bridgehead atoms. The number of alkyl halides is 1. The van der Waals surface area contributed by atoms with Gasteiger partial charge in [0, 0.05) is 6.54 Å². The van der Waals surface area contributed by atoms with E-state index in [1.54, 1.807) is 11.2 Å². The van der Waals surface area contributed by atoms with Crippen LogP contribution in [0.3, 0.4) is 0 Å². The Kier molecular flexibility index (Phi) is 5.10. The summed E-state index contributed by atoms with van der Waals surface area (Å²) in [5.74, 6) is 0.426. The van der Waals surface area contributed by atoms with E-state index in [2.05, 4.69) is 37.5 Å². The smallest absolute Gasteiger partial charge is 0.411 e. The number of ether oxygens (including phenoxy) is 2. The van der Waals surface area contributed by atoms with Gasteiger partial charge < -0.3 is 9.47 Å². The van der Waals surface area contributed by atoms with Crippen molar-refractivity contribution in [2.45, 2.75) is 23.1 Å². The van der Waals surface area contributed by atoms with Crippen LogP contribution >= 0.6 is 22.6 Å². The van der Waals surface area contributed by atoms with E-state index in [0.29, 0.717) is 30.2 Å². The zero-order valence-electron chi connectivity index (χ0n) is 14.7. The molecule has 1 saturated heterocycles. The van der Waals surface area contributed by atoms with Crippen LogP contribution in [0.2, 0.25) is 0 Å². The number of benzene rings is 1. The van der Waals surface area contributed by atoms with E-state index in [0.717, 1.165) is 12.0 Å². The lowest BCUT2D eigenvalue weighted by Gasteiger charge is -2.26. The second kappa shape index (κ2) is 7.67. The minimum absolute atomic E-state index is 0.208. The van der Waals surface area contributed by atoms with Crippen molar-refractivity contribution in [1.29, 1.82) is 0 Å². The lowest BCUT2D eigenvalue weighted by atomic mass is 10.2. The molecular weight excluding hydrogens is 461 g/mol. The van der Waals surface area contributed by atoms with E-state index in [1.807, 2.05) is 34.9 Å². The number of halogens is 1. The molecule has 0 N–H and O–H groups in total. The fourth-order valence-corrected chi connectivity index (χ4v) is 4.25. The minimum atomic E-state index is -0.351. The van der Waals surface area contributed by atoms with Gasteiger partial charge in [0.05, 0.1) is 17.4 Å². The van der Waals surface area contributed by atoms with Crippen LogP contribution < -0.4 is 4.74 Å². The van der Waals surface area contributed by atoms with Gasteiger partial charge in [0.15, 0.2) is 11.2 Å². The molecule has 0 aliphatic carbocycles. The van der Waals surface area contributed by atoms with Gasteiger partial charge >= 0.3 is 6.09 Å². The second-order valence-electron chi connectivity index (χ2n) is 6.16. The lowest BCUT2D eigenvalue weighted by molar-refractivity contribution is 0.107. The Labute approximate surface area is 169 Å². The SMILES string of the molecule is COC(=O)N1CC[C@@H](I)[C@@H]1n1cnc2c(OCc3ccccc3)ncnc21. The minimum Gasteiger partial charge on any atom is -0.471 e. The van der Waals surface area contributed by atoms with Crippen LogP contribution in [0.5, 0.6) is 5.88 Å². The summed E-state index contributed by atoms with van der Waals surface area (Å²) in [5.41, 5.74) is 2.26. The number of carbonyl (C=O) groups is 1. The van der Waals surface area contributed by atoms with Crippen molar-refractivity contribution in [2.24, 2.45) is 0 Å². The molecule has 9 heteroatoms. The Hall–Kier alpha value is -2.43. The van der Waals surface area contributed by atoms with Crippen molar-refractivity contribution in [3.05, 3.63) is 48.5 Å². The number of aromatic nitrogens is 4. The van der Waals surface area contributed by atoms with Gasteiger partial charge in [0.25, 0.3) is 0 Å². The zero-order valence-corrected chi connectivity index (χ0v) is 16.8. The molecule has 1 aromatic carbocycles. The van der Waals surface area contributed by atoms with Crippen LogP contribution in [0.4, 0.5) is 4.79 Å². The van der Waals surface area contributed by atoms with Crippen molar-refractivity contribution in [3.8, 4) is 5.88 Å². The summed E-state index contributed by atoms with van der Waals surface area (Å²) in [6.45, 7) is 1.03. The van der Waals surface area contributed by atoms with Crippen molar-refractivity contribution < 1.29 is 14.3 Å². The monoisotopic (exact) mass is 479 g/mol.